The molecule has 45 heavy (non-hydrogen) atoms. The van der Waals surface area contributed by atoms with Crippen LogP contribution in [0.2, 0.25) is 0 Å². The maximum Gasteiger partial charge on any atom is 2.00 e. The van der Waals surface area contributed by atoms with Gasteiger partial charge in [-0.25, -0.2) is 34.5 Å². The van der Waals surface area contributed by atoms with Gasteiger partial charge in [-0.15, -0.1) is 10.2 Å². The molecule has 4 aromatic carbocycles. The summed E-state index contributed by atoms with van der Waals surface area (Å²) in [7, 11) is -5.93. The minimum atomic E-state index is -4.94. The van der Waals surface area contributed by atoms with E-state index in [1.807, 2.05) is 0 Å². The Balaban J connectivity index is 0.000000353. The SMILES string of the molecule is C1=CC2C=CC1C2.C[C@H]([CH-]P(c1ccccc1)c1ccccc1)[C@H](C)[CH-]P(c1ccccc1)c1ccccc1.[O-][Cl+3]([O-])([O-])[O-].[Rh+2]. The zero-order valence-electron chi connectivity index (χ0n) is 25.3. The molecular weight excluding hydrogens is 709 g/mol. The van der Waals surface area contributed by atoms with Crippen LogP contribution in [0.15, 0.2) is 146 Å². The van der Waals surface area contributed by atoms with Crippen LogP contribution in [0.5, 0.6) is 0 Å². The van der Waals surface area contributed by atoms with Gasteiger partial charge in [-0.2, -0.15) is 11.8 Å². The second-order valence-electron chi connectivity index (χ2n) is 10.8. The minimum Gasteiger partial charge on any atom is -0.293 e. The first kappa shape index (κ1) is 37.4. The summed E-state index contributed by atoms with van der Waals surface area (Å²) in [5.74, 6) is 2.56. The Morgan fingerprint density at radius 3 is 0.911 bits per heavy atom. The van der Waals surface area contributed by atoms with Gasteiger partial charge in [0.1, 0.15) is 0 Å². The maximum atomic E-state index is 8.49. The fourth-order valence-corrected chi connectivity index (χ4v) is 9.81. The third kappa shape index (κ3) is 12.9. The van der Waals surface area contributed by atoms with Crippen molar-refractivity contribution in [3.8, 4) is 0 Å². The van der Waals surface area contributed by atoms with Crippen molar-refractivity contribution in [1.82, 2.24) is 0 Å². The van der Waals surface area contributed by atoms with E-state index >= 15 is 0 Å². The van der Waals surface area contributed by atoms with Crippen LogP contribution in [-0.4, -0.2) is 0 Å². The van der Waals surface area contributed by atoms with Crippen LogP contribution in [0.1, 0.15) is 20.3 Å². The molecule has 8 heteroatoms. The standard InChI is InChI=1S/C30H30P2.C7H8.ClHO4.Rh/c1-25(23-31(27-15-7-3-8-16-27)28-17-9-4-10-18-28)26(2)24-32(29-19-11-5-12-20-29)30-21-13-6-14-22-30;1-2-7-4-3-6(1)5-7;2-1(3,4)5;/h3-26H,1-2H3;1-4,6-7H,5H2;(H,2,3,4,5);/q-2;;;+2/p-1/t25-,26-;;;/m1.../s1. The topological polar surface area (TPSA) is 92.2 Å². The van der Waals surface area contributed by atoms with Crippen LogP contribution in [0.4, 0.5) is 0 Å². The van der Waals surface area contributed by atoms with E-state index in [-0.39, 0.29) is 19.5 Å². The number of rotatable bonds is 9. The van der Waals surface area contributed by atoms with Crippen LogP contribution in [0.25, 0.3) is 0 Å². The van der Waals surface area contributed by atoms with Crippen molar-refractivity contribution in [2.75, 3.05) is 0 Å². The molecule has 0 unspecified atom stereocenters. The number of hydrogen-bond acceptors (Lipinski definition) is 4. The van der Waals surface area contributed by atoms with E-state index in [0.29, 0.717) is 11.8 Å². The average Bonchev–Trinajstić information content (AvgIpc) is 3.70. The predicted molar refractivity (Wildman–Crippen MR) is 175 cm³/mol. The van der Waals surface area contributed by atoms with Crippen molar-refractivity contribution in [3.63, 3.8) is 0 Å². The van der Waals surface area contributed by atoms with E-state index in [2.05, 4.69) is 172 Å². The van der Waals surface area contributed by atoms with E-state index in [1.165, 1.54) is 27.6 Å². The summed E-state index contributed by atoms with van der Waals surface area (Å²) in [5, 5.41) is 5.67. The molecule has 0 spiro atoms. The molecule has 0 aliphatic heterocycles. The van der Waals surface area contributed by atoms with Gasteiger partial charge in [0, 0.05) is 0 Å². The first-order valence-electron chi connectivity index (χ1n) is 14.6. The second kappa shape index (κ2) is 19.0. The fraction of sp³-hybridized carbons (Fsp3) is 0.189. The molecule has 4 nitrogen and oxygen atoms in total. The summed E-state index contributed by atoms with van der Waals surface area (Å²) in [6.07, 6.45) is 15.8. The first-order chi connectivity index (χ1) is 21.2. The van der Waals surface area contributed by atoms with Crippen LogP contribution >= 0.6 is 15.8 Å². The summed E-state index contributed by atoms with van der Waals surface area (Å²) in [6.45, 7) is 4.76. The molecule has 0 amide bonds. The number of allylic oxidation sites excluding steroid dienone is 4. The summed E-state index contributed by atoms with van der Waals surface area (Å²) in [6, 6.07) is 43.9. The molecule has 0 saturated carbocycles. The predicted octanol–water partition coefficient (Wildman–Crippen LogP) is 3.84. The van der Waals surface area contributed by atoms with Crippen molar-refractivity contribution < 1.29 is 48.4 Å². The van der Waals surface area contributed by atoms with Gasteiger partial charge in [0.15, 0.2) is 0 Å². The zero-order chi connectivity index (χ0) is 31.4. The number of hydrogen-bond donors (Lipinski definition) is 0. The minimum absolute atomic E-state index is 0. The average molecular weight is 747 g/mol. The zero-order valence-corrected chi connectivity index (χ0v) is 29.4. The van der Waals surface area contributed by atoms with Gasteiger partial charge >= 0.3 is 19.5 Å². The Morgan fingerprint density at radius 2 is 0.733 bits per heavy atom. The third-order valence-corrected chi connectivity index (χ3v) is 12.4. The van der Waals surface area contributed by atoms with E-state index in [9.17, 15) is 0 Å². The Kier molecular flexibility index (Phi) is 15.8. The normalized spacial score (nSPS) is 17.5. The summed E-state index contributed by atoms with van der Waals surface area (Å²) >= 11 is 0. The molecule has 2 atom stereocenters. The van der Waals surface area contributed by atoms with E-state index in [1.54, 1.807) is 0 Å². The number of halogens is 1. The fourth-order valence-electron chi connectivity index (χ4n) is 5.07. The molecule has 0 heterocycles. The van der Waals surface area contributed by atoms with Crippen molar-refractivity contribution in [1.29, 1.82) is 0 Å². The Hall–Kier alpha value is -2.03. The Labute approximate surface area is 285 Å². The molecule has 2 aliphatic carbocycles. The molecule has 6 rings (SSSR count). The molecule has 0 fully saturated rings. The van der Waals surface area contributed by atoms with E-state index in [0.717, 1.165) is 11.8 Å². The molecule has 2 aliphatic rings. The molecule has 0 aromatic heterocycles. The van der Waals surface area contributed by atoms with Crippen molar-refractivity contribution >= 4 is 37.1 Å². The van der Waals surface area contributed by atoms with Gasteiger partial charge in [-0.3, -0.25) is 12.3 Å². The van der Waals surface area contributed by atoms with Crippen LogP contribution in [0.3, 0.4) is 0 Å². The van der Waals surface area contributed by atoms with Crippen molar-refractivity contribution in [2.45, 2.75) is 20.3 Å². The van der Waals surface area contributed by atoms with Gasteiger partial charge in [0.2, 0.25) is 0 Å². The number of fused-ring (bicyclic) bond motifs is 2. The maximum absolute atomic E-state index is 8.49. The largest absolute Gasteiger partial charge is 2.00 e. The van der Waals surface area contributed by atoms with Crippen LogP contribution in [-0.2, 0) is 19.5 Å². The molecule has 0 saturated heterocycles. The van der Waals surface area contributed by atoms with Gasteiger partial charge < -0.3 is 0 Å². The summed E-state index contributed by atoms with van der Waals surface area (Å²) in [5.41, 5.74) is 0. The van der Waals surface area contributed by atoms with Gasteiger partial charge in [0.25, 0.3) is 0 Å². The number of benzene rings is 4. The van der Waals surface area contributed by atoms with Crippen molar-refractivity contribution in [3.05, 3.63) is 158 Å². The summed E-state index contributed by atoms with van der Waals surface area (Å²) < 4.78 is 34.0. The molecule has 2 bridgehead atoms. The van der Waals surface area contributed by atoms with Crippen LogP contribution in [0, 0.1) is 46.2 Å². The van der Waals surface area contributed by atoms with Gasteiger partial charge in [-0.1, -0.05) is 181 Å². The van der Waals surface area contributed by atoms with E-state index < -0.39 is 26.1 Å². The first-order valence-corrected chi connectivity index (χ1v) is 18.7. The van der Waals surface area contributed by atoms with Gasteiger partial charge in [-0.05, 0) is 18.3 Å². The molecule has 237 valence electrons. The smallest absolute Gasteiger partial charge is 0.293 e. The Morgan fingerprint density at radius 1 is 0.511 bits per heavy atom. The molecular formula is C37H38ClO4P2Rh-. The van der Waals surface area contributed by atoms with Gasteiger partial charge in [0.05, 0.1) is 0 Å². The monoisotopic (exact) mass is 746 g/mol. The van der Waals surface area contributed by atoms with Crippen molar-refractivity contribution in [2.24, 2.45) is 23.7 Å². The summed E-state index contributed by atoms with van der Waals surface area (Å²) in [4.78, 5) is 0. The molecule has 4 aromatic rings. The molecule has 1 radical (unpaired) electrons. The third-order valence-electron chi connectivity index (χ3n) is 7.49. The quantitative estimate of drug-likeness (QED) is 0.113. The van der Waals surface area contributed by atoms with Crippen LogP contribution < -0.4 is 39.9 Å². The molecule has 0 N–H and O–H groups in total. The Bertz CT molecular complexity index is 1240. The van der Waals surface area contributed by atoms with E-state index in [4.69, 9.17) is 18.6 Å². The second-order valence-corrected chi connectivity index (χ2v) is 15.7.